The van der Waals surface area contributed by atoms with Gasteiger partial charge in [0.1, 0.15) is 18.1 Å². The predicted octanol–water partition coefficient (Wildman–Crippen LogP) is 3.43. The van der Waals surface area contributed by atoms with Gasteiger partial charge in [0.2, 0.25) is 0 Å². The van der Waals surface area contributed by atoms with E-state index in [1.54, 1.807) is 7.11 Å². The molecule has 0 aliphatic heterocycles. The molecule has 0 radical (unpaired) electrons. The average molecular weight is 278 g/mol. The van der Waals surface area contributed by atoms with Gasteiger partial charge in [-0.2, -0.15) is 0 Å². The van der Waals surface area contributed by atoms with E-state index in [2.05, 4.69) is 0 Å². The fourth-order valence-corrected chi connectivity index (χ4v) is 1.89. The van der Waals surface area contributed by atoms with Crippen LogP contribution in [0.5, 0.6) is 11.5 Å². The molecule has 0 heterocycles. The van der Waals surface area contributed by atoms with Gasteiger partial charge in [-0.05, 0) is 42.0 Å². The van der Waals surface area contributed by atoms with Gasteiger partial charge >= 0.3 is 0 Å². The highest BCUT2D eigenvalue weighted by Gasteiger charge is 2.07. The van der Waals surface area contributed by atoms with Crippen molar-refractivity contribution in [2.75, 3.05) is 13.7 Å². The second-order valence-corrected chi connectivity index (χ2v) is 4.58. The maximum atomic E-state index is 6.06. The summed E-state index contributed by atoms with van der Waals surface area (Å²) in [4.78, 5) is 0. The number of halogens is 1. The Kier molecular flexibility index (Phi) is 4.66. The molecule has 100 valence electrons. The highest BCUT2D eigenvalue weighted by Crippen LogP contribution is 2.20. The summed E-state index contributed by atoms with van der Waals surface area (Å²) in [5, 5.41) is 0.678. The molecule has 1 unspecified atom stereocenters. The molecule has 0 saturated heterocycles. The lowest BCUT2D eigenvalue weighted by Gasteiger charge is -2.14. The maximum absolute atomic E-state index is 6.06. The monoisotopic (exact) mass is 277 g/mol. The second kappa shape index (κ2) is 6.45. The normalized spacial score (nSPS) is 11.9. The Labute approximate surface area is 117 Å². The molecule has 2 rings (SSSR count). The van der Waals surface area contributed by atoms with Crippen molar-refractivity contribution in [1.29, 1.82) is 0 Å². The lowest BCUT2D eigenvalue weighted by Crippen LogP contribution is -2.18. The molecule has 1 atom stereocenters. The molecule has 0 bridgehead atoms. The van der Waals surface area contributed by atoms with E-state index in [-0.39, 0.29) is 6.04 Å². The first kappa shape index (κ1) is 13.7. The summed E-state index contributed by atoms with van der Waals surface area (Å²) in [6.07, 6.45) is 0. The van der Waals surface area contributed by atoms with Crippen molar-refractivity contribution in [3.05, 3.63) is 59.1 Å². The third-order valence-electron chi connectivity index (χ3n) is 2.77. The zero-order chi connectivity index (χ0) is 13.7. The van der Waals surface area contributed by atoms with E-state index in [1.165, 1.54) is 0 Å². The number of nitrogens with two attached hydrogens (primary N) is 1. The van der Waals surface area contributed by atoms with Crippen molar-refractivity contribution in [3.63, 3.8) is 0 Å². The van der Waals surface area contributed by atoms with Gasteiger partial charge in [-0.3, -0.25) is 0 Å². The van der Waals surface area contributed by atoms with E-state index in [4.69, 9.17) is 26.8 Å². The number of benzene rings is 2. The highest BCUT2D eigenvalue weighted by molar-refractivity contribution is 6.30. The molecule has 19 heavy (non-hydrogen) atoms. The van der Waals surface area contributed by atoms with Crippen molar-refractivity contribution < 1.29 is 9.47 Å². The molecule has 0 fully saturated rings. The minimum absolute atomic E-state index is 0.208. The zero-order valence-electron chi connectivity index (χ0n) is 10.7. The molecule has 2 N–H and O–H groups in total. The van der Waals surface area contributed by atoms with Crippen LogP contribution in [0.3, 0.4) is 0 Å². The van der Waals surface area contributed by atoms with Crippen LogP contribution in [0.25, 0.3) is 0 Å². The van der Waals surface area contributed by atoms with Crippen LogP contribution < -0.4 is 15.2 Å². The Morgan fingerprint density at radius 3 is 2.42 bits per heavy atom. The van der Waals surface area contributed by atoms with Gasteiger partial charge in [-0.25, -0.2) is 0 Å². The van der Waals surface area contributed by atoms with E-state index in [1.807, 2.05) is 48.5 Å². The Morgan fingerprint density at radius 2 is 1.79 bits per heavy atom. The third kappa shape index (κ3) is 3.88. The SMILES string of the molecule is COc1ccc(OCC(N)c2cccc(Cl)c2)cc1. The minimum Gasteiger partial charge on any atom is -0.497 e. The van der Waals surface area contributed by atoms with Gasteiger partial charge in [0, 0.05) is 5.02 Å². The summed E-state index contributed by atoms with van der Waals surface area (Å²) >= 11 is 5.93. The third-order valence-corrected chi connectivity index (χ3v) is 3.00. The predicted molar refractivity (Wildman–Crippen MR) is 76.9 cm³/mol. The quantitative estimate of drug-likeness (QED) is 0.911. The van der Waals surface area contributed by atoms with Crippen LogP contribution in [-0.2, 0) is 0 Å². The van der Waals surface area contributed by atoms with Gasteiger partial charge in [0.15, 0.2) is 0 Å². The molecule has 2 aromatic carbocycles. The van der Waals surface area contributed by atoms with Gasteiger partial charge in [0.25, 0.3) is 0 Å². The van der Waals surface area contributed by atoms with Crippen molar-refractivity contribution in [2.24, 2.45) is 5.73 Å². The summed E-state index contributed by atoms with van der Waals surface area (Å²) in [6.45, 7) is 0.396. The second-order valence-electron chi connectivity index (χ2n) is 4.15. The van der Waals surface area contributed by atoms with Crippen molar-refractivity contribution >= 4 is 11.6 Å². The molecule has 4 heteroatoms. The first-order valence-corrected chi connectivity index (χ1v) is 6.35. The van der Waals surface area contributed by atoms with Crippen LogP contribution in [0.1, 0.15) is 11.6 Å². The number of hydrogen-bond acceptors (Lipinski definition) is 3. The summed E-state index contributed by atoms with van der Waals surface area (Å²) in [6, 6.07) is 14.7. The molecular weight excluding hydrogens is 262 g/mol. The first-order chi connectivity index (χ1) is 9.19. The molecule has 0 spiro atoms. The van der Waals surface area contributed by atoms with Crippen molar-refractivity contribution in [2.45, 2.75) is 6.04 Å². The maximum Gasteiger partial charge on any atom is 0.119 e. The first-order valence-electron chi connectivity index (χ1n) is 5.97. The van der Waals surface area contributed by atoms with Gasteiger partial charge in [-0.15, -0.1) is 0 Å². The minimum atomic E-state index is -0.208. The van der Waals surface area contributed by atoms with E-state index in [0.29, 0.717) is 11.6 Å². The summed E-state index contributed by atoms with van der Waals surface area (Å²) in [5.41, 5.74) is 7.02. The molecule has 0 aliphatic rings. The number of rotatable bonds is 5. The van der Waals surface area contributed by atoms with Gasteiger partial charge < -0.3 is 15.2 Å². The lowest BCUT2D eigenvalue weighted by molar-refractivity contribution is 0.290. The van der Waals surface area contributed by atoms with Gasteiger partial charge in [0.05, 0.1) is 13.2 Å². The van der Waals surface area contributed by atoms with Crippen molar-refractivity contribution in [3.8, 4) is 11.5 Å². The fourth-order valence-electron chi connectivity index (χ4n) is 1.69. The van der Waals surface area contributed by atoms with E-state index in [9.17, 15) is 0 Å². The standard InChI is InChI=1S/C15H16ClNO2/c1-18-13-5-7-14(8-6-13)19-10-15(17)11-3-2-4-12(16)9-11/h2-9,15H,10,17H2,1H3. The Bertz CT molecular complexity index is 528. The molecule has 3 nitrogen and oxygen atoms in total. The highest BCUT2D eigenvalue weighted by atomic mass is 35.5. The van der Waals surface area contributed by atoms with E-state index in [0.717, 1.165) is 17.1 Å². The number of methoxy groups -OCH3 is 1. The smallest absolute Gasteiger partial charge is 0.119 e. The topological polar surface area (TPSA) is 44.5 Å². The molecule has 0 saturated carbocycles. The van der Waals surface area contributed by atoms with Crippen molar-refractivity contribution in [1.82, 2.24) is 0 Å². The molecule has 0 aliphatic carbocycles. The lowest BCUT2D eigenvalue weighted by atomic mass is 10.1. The van der Waals surface area contributed by atoms with Crippen LogP contribution in [-0.4, -0.2) is 13.7 Å². The number of hydrogen-bond donors (Lipinski definition) is 1. The number of ether oxygens (including phenoxy) is 2. The summed E-state index contributed by atoms with van der Waals surface area (Å²) < 4.78 is 10.7. The van der Waals surface area contributed by atoms with E-state index >= 15 is 0 Å². The molecular formula is C15H16ClNO2. The zero-order valence-corrected chi connectivity index (χ0v) is 11.4. The summed E-state index contributed by atoms with van der Waals surface area (Å²) in [7, 11) is 1.63. The summed E-state index contributed by atoms with van der Waals surface area (Å²) in [5.74, 6) is 1.56. The molecule has 0 aromatic heterocycles. The Morgan fingerprint density at radius 1 is 1.11 bits per heavy atom. The molecule has 2 aromatic rings. The fraction of sp³-hybridized carbons (Fsp3) is 0.200. The van der Waals surface area contributed by atoms with Crippen LogP contribution in [0.2, 0.25) is 5.02 Å². The van der Waals surface area contributed by atoms with Crippen LogP contribution in [0.15, 0.2) is 48.5 Å². The average Bonchev–Trinajstić information content (AvgIpc) is 2.45. The van der Waals surface area contributed by atoms with E-state index < -0.39 is 0 Å². The van der Waals surface area contributed by atoms with Crippen LogP contribution in [0, 0.1) is 0 Å². The largest absolute Gasteiger partial charge is 0.497 e. The Hall–Kier alpha value is -1.71. The Balaban J connectivity index is 1.94. The van der Waals surface area contributed by atoms with Crippen LogP contribution >= 0.6 is 11.6 Å². The van der Waals surface area contributed by atoms with Gasteiger partial charge in [-0.1, -0.05) is 23.7 Å². The van der Waals surface area contributed by atoms with Crippen LogP contribution in [0.4, 0.5) is 0 Å². The molecule has 0 amide bonds.